The molecule has 6 heteroatoms. The van der Waals surface area contributed by atoms with E-state index in [1.54, 1.807) is 18.3 Å². The third kappa shape index (κ3) is 3.38. The number of benzene rings is 1. The van der Waals surface area contributed by atoms with Gasteiger partial charge >= 0.3 is 0 Å². The van der Waals surface area contributed by atoms with E-state index in [9.17, 15) is 9.18 Å². The van der Waals surface area contributed by atoms with Gasteiger partial charge in [-0.05, 0) is 36.2 Å². The molecule has 1 aliphatic rings. The van der Waals surface area contributed by atoms with E-state index in [0.29, 0.717) is 24.4 Å². The molecule has 1 aliphatic heterocycles. The first-order chi connectivity index (χ1) is 14.2. The van der Waals surface area contributed by atoms with Gasteiger partial charge in [-0.3, -0.25) is 4.79 Å². The van der Waals surface area contributed by atoms with Crippen LogP contribution in [0.5, 0.6) is 0 Å². The van der Waals surface area contributed by atoms with Crippen molar-refractivity contribution in [2.75, 3.05) is 13.1 Å². The molecule has 0 aliphatic carbocycles. The highest BCUT2D eigenvalue weighted by atomic mass is 19.1. The van der Waals surface area contributed by atoms with E-state index in [0.717, 1.165) is 27.9 Å². The van der Waals surface area contributed by atoms with Gasteiger partial charge in [0.2, 0.25) is 0 Å². The number of nitrogens with zero attached hydrogens (tertiary/aromatic N) is 3. The highest BCUT2D eigenvalue weighted by molar-refractivity contribution is 5.93. The Morgan fingerprint density at radius 2 is 1.93 bits per heavy atom. The Hall–Kier alpha value is -3.54. The topological polar surface area (TPSA) is 61.9 Å². The number of carbonyl (C=O) groups excluding carboxylic acids is 1. The van der Waals surface area contributed by atoms with E-state index < -0.39 is 6.17 Å². The summed E-state index contributed by atoms with van der Waals surface area (Å²) < 4.78 is 13.4. The number of nitrogens with one attached hydrogen (secondary N) is 1. The third-order valence-electron chi connectivity index (χ3n) is 5.24. The molecule has 3 aromatic heterocycles. The first-order valence-corrected chi connectivity index (χ1v) is 9.62. The molecule has 4 aromatic rings. The van der Waals surface area contributed by atoms with E-state index in [2.05, 4.69) is 21.0 Å². The number of amides is 1. The Balaban J connectivity index is 1.47. The van der Waals surface area contributed by atoms with E-state index >= 15 is 0 Å². The smallest absolute Gasteiger partial charge is 0.272 e. The molecule has 144 valence electrons. The minimum absolute atomic E-state index is 0.143. The van der Waals surface area contributed by atoms with Crippen LogP contribution in [0.3, 0.4) is 0 Å². The summed E-state index contributed by atoms with van der Waals surface area (Å²) in [5.74, 6) is -0.228. The van der Waals surface area contributed by atoms with Crippen molar-refractivity contribution in [3.63, 3.8) is 0 Å². The Morgan fingerprint density at radius 3 is 2.72 bits per heavy atom. The maximum atomic E-state index is 13.4. The van der Waals surface area contributed by atoms with Crippen molar-refractivity contribution in [1.82, 2.24) is 19.9 Å². The van der Waals surface area contributed by atoms with E-state index in [1.807, 2.05) is 42.5 Å². The van der Waals surface area contributed by atoms with Crippen LogP contribution in [0.4, 0.5) is 4.39 Å². The number of aromatic amines is 1. The molecule has 1 fully saturated rings. The summed E-state index contributed by atoms with van der Waals surface area (Å²) in [5, 5.41) is 0.972. The van der Waals surface area contributed by atoms with Crippen LogP contribution in [0.15, 0.2) is 66.9 Å². The van der Waals surface area contributed by atoms with Gasteiger partial charge < -0.3 is 9.88 Å². The maximum Gasteiger partial charge on any atom is 0.272 e. The van der Waals surface area contributed by atoms with Crippen LogP contribution in [0, 0.1) is 0 Å². The van der Waals surface area contributed by atoms with E-state index in [4.69, 9.17) is 0 Å². The zero-order valence-corrected chi connectivity index (χ0v) is 15.7. The van der Waals surface area contributed by atoms with Crippen molar-refractivity contribution in [3.8, 4) is 22.5 Å². The quantitative estimate of drug-likeness (QED) is 0.565. The summed E-state index contributed by atoms with van der Waals surface area (Å²) in [6, 6.07) is 19.5. The van der Waals surface area contributed by atoms with Crippen molar-refractivity contribution < 1.29 is 9.18 Å². The molecular formula is C23H19FN4O. The summed E-state index contributed by atoms with van der Waals surface area (Å²) >= 11 is 0. The van der Waals surface area contributed by atoms with Crippen molar-refractivity contribution >= 4 is 16.9 Å². The molecule has 1 amide bonds. The van der Waals surface area contributed by atoms with Gasteiger partial charge in [-0.15, -0.1) is 0 Å². The van der Waals surface area contributed by atoms with Crippen LogP contribution in [0.1, 0.15) is 16.9 Å². The number of fused-ring (bicyclic) bond motifs is 1. The van der Waals surface area contributed by atoms with Gasteiger partial charge in [0.15, 0.2) is 0 Å². The Morgan fingerprint density at radius 1 is 1.07 bits per heavy atom. The molecule has 0 bridgehead atoms. The van der Waals surface area contributed by atoms with Gasteiger partial charge in [0.05, 0.1) is 12.2 Å². The van der Waals surface area contributed by atoms with Gasteiger partial charge in [0.25, 0.3) is 5.91 Å². The number of hydrogen-bond donors (Lipinski definition) is 1. The lowest BCUT2D eigenvalue weighted by Gasteiger charge is -2.15. The minimum Gasteiger partial charge on any atom is -0.339 e. The molecule has 1 N–H and O–H groups in total. The second-order valence-electron chi connectivity index (χ2n) is 7.26. The number of likely N-dealkylation sites (tertiary alicyclic amines) is 1. The van der Waals surface area contributed by atoms with Crippen molar-refractivity contribution in [3.05, 3.63) is 72.6 Å². The number of halogens is 1. The molecule has 1 unspecified atom stereocenters. The SMILES string of the molecule is O=C(c1cccc(-c2cnc3[nH]c(-c4ccccc4)cc3c2)n1)N1CCC(F)C1. The fourth-order valence-corrected chi connectivity index (χ4v) is 3.71. The number of pyridine rings is 2. The van der Waals surface area contributed by atoms with Crippen LogP contribution >= 0.6 is 0 Å². The zero-order chi connectivity index (χ0) is 19.8. The average Bonchev–Trinajstić information content (AvgIpc) is 3.39. The Kier molecular flexibility index (Phi) is 4.31. The lowest BCUT2D eigenvalue weighted by Crippen LogP contribution is -2.29. The number of H-pyrrole nitrogens is 1. The Bertz CT molecular complexity index is 1190. The molecule has 5 rings (SSSR count). The normalized spacial score (nSPS) is 16.4. The number of alkyl halides is 1. The van der Waals surface area contributed by atoms with Gasteiger partial charge in [-0.1, -0.05) is 36.4 Å². The molecule has 1 atom stereocenters. The fraction of sp³-hybridized carbons (Fsp3) is 0.174. The minimum atomic E-state index is -0.943. The van der Waals surface area contributed by atoms with Crippen molar-refractivity contribution in [2.24, 2.45) is 0 Å². The van der Waals surface area contributed by atoms with Crippen LogP contribution < -0.4 is 0 Å². The van der Waals surface area contributed by atoms with Crippen LogP contribution in [-0.4, -0.2) is 45.0 Å². The van der Waals surface area contributed by atoms with Crippen LogP contribution in [0.25, 0.3) is 33.5 Å². The molecule has 0 saturated carbocycles. The summed E-state index contributed by atoms with van der Waals surface area (Å²) in [6.45, 7) is 0.578. The number of hydrogen-bond acceptors (Lipinski definition) is 3. The summed E-state index contributed by atoms with van der Waals surface area (Å²) in [4.78, 5) is 26.5. The molecule has 0 radical (unpaired) electrons. The monoisotopic (exact) mass is 386 g/mol. The molecule has 1 aromatic carbocycles. The molecule has 0 spiro atoms. The first kappa shape index (κ1) is 17.6. The summed E-state index contributed by atoms with van der Waals surface area (Å²) in [5.41, 5.74) is 4.72. The molecular weight excluding hydrogens is 367 g/mol. The lowest BCUT2D eigenvalue weighted by atomic mass is 10.1. The third-order valence-corrected chi connectivity index (χ3v) is 5.24. The van der Waals surface area contributed by atoms with Crippen molar-refractivity contribution in [1.29, 1.82) is 0 Å². The number of carbonyl (C=O) groups is 1. The number of rotatable bonds is 3. The standard InChI is InChI=1S/C23H19FN4O/c24-18-9-10-28(14-18)23(29)20-8-4-7-19(26-20)17-11-16-12-21(27-22(16)25-13-17)15-5-2-1-3-6-15/h1-8,11-13,18H,9-10,14H2,(H,25,27). The largest absolute Gasteiger partial charge is 0.339 e. The van der Waals surface area contributed by atoms with Crippen LogP contribution in [0.2, 0.25) is 0 Å². The highest BCUT2D eigenvalue weighted by Gasteiger charge is 2.27. The lowest BCUT2D eigenvalue weighted by molar-refractivity contribution is 0.0777. The van der Waals surface area contributed by atoms with Crippen LogP contribution in [-0.2, 0) is 0 Å². The first-order valence-electron chi connectivity index (χ1n) is 9.62. The van der Waals surface area contributed by atoms with Gasteiger partial charge in [0, 0.05) is 29.4 Å². The summed E-state index contributed by atoms with van der Waals surface area (Å²) in [6.07, 6.45) is 1.20. The molecule has 29 heavy (non-hydrogen) atoms. The second kappa shape index (κ2) is 7.13. The predicted octanol–water partition coefficient (Wildman–Crippen LogP) is 4.48. The summed E-state index contributed by atoms with van der Waals surface area (Å²) in [7, 11) is 0. The molecule has 5 nitrogen and oxygen atoms in total. The Labute approximate surface area is 167 Å². The number of aromatic nitrogens is 3. The van der Waals surface area contributed by atoms with E-state index in [1.165, 1.54) is 4.90 Å². The highest BCUT2D eigenvalue weighted by Crippen LogP contribution is 2.26. The van der Waals surface area contributed by atoms with Gasteiger partial charge in [-0.25, -0.2) is 14.4 Å². The maximum absolute atomic E-state index is 13.4. The predicted molar refractivity (Wildman–Crippen MR) is 110 cm³/mol. The second-order valence-corrected chi connectivity index (χ2v) is 7.26. The van der Waals surface area contributed by atoms with Gasteiger partial charge in [-0.2, -0.15) is 0 Å². The van der Waals surface area contributed by atoms with Gasteiger partial charge in [0.1, 0.15) is 17.5 Å². The zero-order valence-electron chi connectivity index (χ0n) is 15.7. The van der Waals surface area contributed by atoms with Crippen molar-refractivity contribution in [2.45, 2.75) is 12.6 Å². The average molecular weight is 386 g/mol. The van der Waals surface area contributed by atoms with E-state index in [-0.39, 0.29) is 12.5 Å². The fourth-order valence-electron chi connectivity index (χ4n) is 3.71. The molecule has 4 heterocycles. The molecule has 1 saturated heterocycles.